The van der Waals surface area contributed by atoms with Gasteiger partial charge in [0.15, 0.2) is 0 Å². The van der Waals surface area contributed by atoms with Crippen LogP contribution in [0.3, 0.4) is 0 Å². The molecule has 0 aromatic rings. The zero-order chi connectivity index (χ0) is 7.82. The quantitative estimate of drug-likeness (QED) is 0.548. The molecule has 0 unspecified atom stereocenters. The maximum Gasteiger partial charge on any atom is 0.0165 e. The van der Waals surface area contributed by atoms with E-state index < -0.39 is 0 Å². The van der Waals surface area contributed by atoms with Crippen molar-refractivity contribution in [1.82, 2.24) is 5.32 Å². The van der Waals surface area contributed by atoms with E-state index in [0.717, 1.165) is 13.0 Å². The molecular weight excluding hydrogens is 124 g/mol. The van der Waals surface area contributed by atoms with Gasteiger partial charge in [0.2, 0.25) is 0 Å². The molecule has 0 aliphatic carbocycles. The van der Waals surface area contributed by atoms with Crippen LogP contribution in [0, 0.1) is 0 Å². The molecule has 0 aliphatic rings. The Balaban J connectivity index is 2.97. The zero-order valence-electron chi connectivity index (χ0n) is 7.19. The summed E-state index contributed by atoms with van der Waals surface area (Å²) in [5.74, 6) is 0. The molecule has 1 atom stereocenters. The summed E-state index contributed by atoms with van der Waals surface area (Å²) in [5.41, 5.74) is 5.76. The number of nitrogens with one attached hydrogen (secondary N) is 1. The smallest absolute Gasteiger partial charge is 0.0165 e. The van der Waals surface area contributed by atoms with Gasteiger partial charge in [0.1, 0.15) is 0 Å². The lowest BCUT2D eigenvalue weighted by molar-refractivity contribution is 0.537. The van der Waals surface area contributed by atoms with Crippen molar-refractivity contribution in [1.29, 1.82) is 0 Å². The lowest BCUT2D eigenvalue weighted by Gasteiger charge is -2.09. The molecule has 0 bridgehead atoms. The van der Waals surface area contributed by atoms with Gasteiger partial charge < -0.3 is 11.1 Å². The number of hydrogen-bond donors (Lipinski definition) is 2. The van der Waals surface area contributed by atoms with Crippen molar-refractivity contribution in [3.63, 3.8) is 0 Å². The number of hydrogen-bond acceptors (Lipinski definition) is 2. The first kappa shape index (κ1) is 9.92. The van der Waals surface area contributed by atoms with Crippen molar-refractivity contribution >= 4 is 0 Å². The fraction of sp³-hybridized carbons (Fsp3) is 1.00. The minimum absolute atomic E-state index is 0.358. The number of nitrogens with two attached hydrogens (primary N) is 1. The first-order valence-electron chi connectivity index (χ1n) is 4.21. The molecule has 0 rings (SSSR count). The fourth-order valence-corrected chi connectivity index (χ4v) is 1.02. The summed E-state index contributed by atoms with van der Waals surface area (Å²) in [4.78, 5) is 0. The van der Waals surface area contributed by atoms with E-state index in [1.54, 1.807) is 0 Å². The topological polar surface area (TPSA) is 38.0 Å². The van der Waals surface area contributed by atoms with Crippen LogP contribution in [0.4, 0.5) is 0 Å². The molecule has 3 N–H and O–H groups in total. The lowest BCUT2D eigenvalue weighted by atomic mass is 10.1. The summed E-state index contributed by atoms with van der Waals surface area (Å²) in [5, 5.41) is 3.07. The third kappa shape index (κ3) is 6.05. The summed E-state index contributed by atoms with van der Waals surface area (Å²) in [6.45, 7) is 3.16. The molecule has 0 radical (unpaired) electrons. The summed E-state index contributed by atoms with van der Waals surface area (Å²) in [6, 6.07) is 0.358. The van der Waals surface area contributed by atoms with Crippen LogP contribution in [0.25, 0.3) is 0 Å². The van der Waals surface area contributed by atoms with Crippen molar-refractivity contribution in [3.8, 4) is 0 Å². The first-order chi connectivity index (χ1) is 4.81. The molecule has 2 nitrogen and oxygen atoms in total. The predicted molar refractivity (Wildman–Crippen MR) is 46.0 cm³/mol. The van der Waals surface area contributed by atoms with E-state index in [1.807, 2.05) is 7.05 Å². The Kier molecular flexibility index (Phi) is 6.98. The SMILES string of the molecule is CCCCC[C@H](N)CNC. The molecular formula is C8H20N2. The molecule has 0 heterocycles. The van der Waals surface area contributed by atoms with Gasteiger partial charge in [0, 0.05) is 12.6 Å². The Morgan fingerprint density at radius 1 is 1.40 bits per heavy atom. The Bertz CT molecular complexity index is 64.3. The van der Waals surface area contributed by atoms with Crippen LogP contribution in [0.1, 0.15) is 32.6 Å². The minimum atomic E-state index is 0.358. The van der Waals surface area contributed by atoms with Gasteiger partial charge in [0.05, 0.1) is 0 Å². The largest absolute Gasteiger partial charge is 0.327 e. The van der Waals surface area contributed by atoms with Crippen LogP contribution in [0.15, 0.2) is 0 Å². The number of unbranched alkanes of at least 4 members (excludes halogenated alkanes) is 2. The van der Waals surface area contributed by atoms with Crippen molar-refractivity contribution in [2.24, 2.45) is 5.73 Å². The second-order valence-corrected chi connectivity index (χ2v) is 2.81. The standard InChI is InChI=1S/C8H20N2/c1-3-4-5-6-8(9)7-10-2/h8,10H,3-7,9H2,1-2H3/t8-/m0/s1. The van der Waals surface area contributed by atoms with Crippen molar-refractivity contribution in [3.05, 3.63) is 0 Å². The van der Waals surface area contributed by atoms with E-state index in [1.165, 1.54) is 19.3 Å². The van der Waals surface area contributed by atoms with Gasteiger partial charge in [-0.15, -0.1) is 0 Å². The molecule has 0 saturated heterocycles. The van der Waals surface area contributed by atoms with Gasteiger partial charge in [-0.1, -0.05) is 26.2 Å². The maximum absolute atomic E-state index is 5.76. The van der Waals surface area contributed by atoms with E-state index in [4.69, 9.17) is 5.73 Å². The van der Waals surface area contributed by atoms with E-state index >= 15 is 0 Å². The van der Waals surface area contributed by atoms with Gasteiger partial charge in [-0.3, -0.25) is 0 Å². The van der Waals surface area contributed by atoms with Gasteiger partial charge in [-0.25, -0.2) is 0 Å². The van der Waals surface area contributed by atoms with Crippen molar-refractivity contribution in [2.45, 2.75) is 38.6 Å². The van der Waals surface area contributed by atoms with Crippen molar-refractivity contribution in [2.75, 3.05) is 13.6 Å². The average Bonchev–Trinajstić information content (AvgIpc) is 1.89. The Morgan fingerprint density at radius 3 is 2.60 bits per heavy atom. The van der Waals surface area contributed by atoms with Crippen LogP contribution in [0.2, 0.25) is 0 Å². The molecule has 0 aromatic heterocycles. The maximum atomic E-state index is 5.76. The third-order valence-electron chi connectivity index (χ3n) is 1.64. The minimum Gasteiger partial charge on any atom is -0.327 e. The van der Waals surface area contributed by atoms with Crippen LogP contribution in [-0.2, 0) is 0 Å². The normalized spacial score (nSPS) is 13.5. The number of rotatable bonds is 6. The van der Waals surface area contributed by atoms with Gasteiger partial charge in [-0.2, -0.15) is 0 Å². The summed E-state index contributed by atoms with van der Waals surface area (Å²) < 4.78 is 0. The molecule has 2 heteroatoms. The van der Waals surface area contributed by atoms with Gasteiger partial charge in [0.25, 0.3) is 0 Å². The highest BCUT2D eigenvalue weighted by molar-refractivity contribution is 4.62. The highest BCUT2D eigenvalue weighted by Gasteiger charge is 1.98. The average molecular weight is 144 g/mol. The molecule has 0 aliphatic heterocycles. The molecule has 0 spiro atoms. The first-order valence-corrected chi connectivity index (χ1v) is 4.21. The zero-order valence-corrected chi connectivity index (χ0v) is 7.19. The Labute approximate surface area is 64.2 Å². The summed E-state index contributed by atoms with van der Waals surface area (Å²) >= 11 is 0. The molecule has 0 fully saturated rings. The Morgan fingerprint density at radius 2 is 2.10 bits per heavy atom. The second-order valence-electron chi connectivity index (χ2n) is 2.81. The van der Waals surface area contributed by atoms with Gasteiger partial charge in [-0.05, 0) is 13.5 Å². The number of likely N-dealkylation sites (N-methyl/N-ethyl adjacent to an activating group) is 1. The highest BCUT2D eigenvalue weighted by atomic mass is 14.9. The van der Waals surface area contributed by atoms with E-state index in [9.17, 15) is 0 Å². The van der Waals surface area contributed by atoms with E-state index in [2.05, 4.69) is 12.2 Å². The molecule has 10 heavy (non-hydrogen) atoms. The van der Waals surface area contributed by atoms with E-state index in [0.29, 0.717) is 6.04 Å². The second kappa shape index (κ2) is 7.03. The monoisotopic (exact) mass is 144 g/mol. The van der Waals surface area contributed by atoms with Gasteiger partial charge >= 0.3 is 0 Å². The molecule has 0 aromatic carbocycles. The van der Waals surface area contributed by atoms with Crippen molar-refractivity contribution < 1.29 is 0 Å². The fourth-order valence-electron chi connectivity index (χ4n) is 1.02. The van der Waals surface area contributed by atoms with Crippen LogP contribution in [0.5, 0.6) is 0 Å². The third-order valence-corrected chi connectivity index (χ3v) is 1.64. The Hall–Kier alpha value is -0.0800. The van der Waals surface area contributed by atoms with Crippen LogP contribution in [-0.4, -0.2) is 19.6 Å². The molecule has 0 amide bonds. The molecule has 0 saturated carbocycles. The summed E-state index contributed by atoms with van der Waals surface area (Å²) in [6.07, 6.45) is 5.04. The van der Waals surface area contributed by atoms with Crippen LogP contribution < -0.4 is 11.1 Å². The lowest BCUT2D eigenvalue weighted by Crippen LogP contribution is -2.31. The molecule has 62 valence electrons. The summed E-state index contributed by atoms with van der Waals surface area (Å²) in [7, 11) is 1.94. The van der Waals surface area contributed by atoms with E-state index in [-0.39, 0.29) is 0 Å². The predicted octanol–water partition coefficient (Wildman–Crippen LogP) is 1.11. The van der Waals surface area contributed by atoms with Crippen LogP contribution >= 0.6 is 0 Å². The highest BCUT2D eigenvalue weighted by Crippen LogP contribution is 2.00.